The summed E-state index contributed by atoms with van der Waals surface area (Å²) in [5.74, 6) is 1.36. The van der Waals surface area contributed by atoms with Gasteiger partial charge in [0.2, 0.25) is 0 Å². The Morgan fingerprint density at radius 3 is 2.84 bits per heavy atom. The predicted octanol–water partition coefficient (Wildman–Crippen LogP) is 3.15. The van der Waals surface area contributed by atoms with Crippen molar-refractivity contribution in [3.63, 3.8) is 0 Å². The van der Waals surface area contributed by atoms with E-state index in [1.54, 1.807) is 27.7 Å². The van der Waals surface area contributed by atoms with Crippen molar-refractivity contribution in [2.45, 2.75) is 18.9 Å². The van der Waals surface area contributed by atoms with E-state index in [4.69, 9.17) is 16.7 Å². The van der Waals surface area contributed by atoms with Gasteiger partial charge >= 0.3 is 0 Å². The molecule has 31 heavy (non-hydrogen) atoms. The molecule has 0 radical (unpaired) electrons. The molecule has 6 rings (SSSR count). The molecule has 1 aromatic carbocycles. The number of hydrogen-bond donors (Lipinski definition) is 1. The fraction of sp³-hybridized carbons (Fsp3) is 0.190. The third kappa shape index (κ3) is 2.73. The Morgan fingerprint density at radius 2 is 1.97 bits per heavy atom. The van der Waals surface area contributed by atoms with Crippen molar-refractivity contribution in [3.05, 3.63) is 76.5 Å². The Bertz CT molecular complexity index is 1470. The number of nitrogens with one attached hydrogen (secondary N) is 1. The monoisotopic (exact) mass is 432 g/mol. The second-order valence-corrected chi connectivity index (χ2v) is 7.85. The summed E-state index contributed by atoms with van der Waals surface area (Å²) in [6.45, 7) is 0.777. The lowest BCUT2D eigenvalue weighted by atomic mass is 10.2. The van der Waals surface area contributed by atoms with E-state index in [1.165, 1.54) is 6.33 Å². The summed E-state index contributed by atoms with van der Waals surface area (Å²) in [6, 6.07) is 11.1. The lowest BCUT2D eigenvalue weighted by Crippen LogP contribution is -2.33. The van der Waals surface area contributed by atoms with Crippen molar-refractivity contribution in [2.75, 3.05) is 11.4 Å². The number of fused-ring (bicyclic) bond motifs is 2. The molecule has 1 atom stereocenters. The second-order valence-electron chi connectivity index (χ2n) is 7.44. The average molecular weight is 433 g/mol. The molecule has 1 aliphatic heterocycles. The number of anilines is 1. The van der Waals surface area contributed by atoms with Crippen molar-refractivity contribution in [1.29, 1.82) is 0 Å². The first kappa shape index (κ1) is 18.1. The van der Waals surface area contributed by atoms with Gasteiger partial charge in [0.05, 0.1) is 23.1 Å². The van der Waals surface area contributed by atoms with Crippen LogP contribution in [0.25, 0.3) is 22.4 Å². The zero-order valence-electron chi connectivity index (χ0n) is 16.3. The second kappa shape index (κ2) is 6.92. The van der Waals surface area contributed by atoms with Gasteiger partial charge in [-0.3, -0.25) is 9.36 Å². The Balaban J connectivity index is 1.60. The SMILES string of the molecule is O=c1c2c(Cl)ccn2nc([C@@H]2CCCN2c2ncnc3[nH]cnc23)n1-c1ccccc1. The van der Waals surface area contributed by atoms with Crippen LogP contribution in [0.15, 0.2) is 60.0 Å². The summed E-state index contributed by atoms with van der Waals surface area (Å²) in [5.41, 5.74) is 2.28. The lowest BCUT2D eigenvalue weighted by Gasteiger charge is -2.27. The molecule has 1 fully saturated rings. The maximum Gasteiger partial charge on any atom is 0.284 e. The number of H-pyrrole nitrogens is 1. The van der Waals surface area contributed by atoms with E-state index < -0.39 is 0 Å². The van der Waals surface area contributed by atoms with Gasteiger partial charge in [-0.1, -0.05) is 29.8 Å². The van der Waals surface area contributed by atoms with Gasteiger partial charge in [0.1, 0.15) is 17.4 Å². The molecule has 0 aliphatic carbocycles. The van der Waals surface area contributed by atoms with Gasteiger partial charge in [0, 0.05) is 12.7 Å². The van der Waals surface area contributed by atoms with Crippen molar-refractivity contribution < 1.29 is 0 Å². The number of rotatable bonds is 3. The van der Waals surface area contributed by atoms with Crippen molar-refractivity contribution in [2.24, 2.45) is 0 Å². The van der Waals surface area contributed by atoms with E-state index in [2.05, 4.69) is 24.8 Å². The lowest BCUT2D eigenvalue weighted by molar-refractivity contribution is 0.602. The van der Waals surface area contributed by atoms with Crippen LogP contribution in [-0.2, 0) is 0 Å². The molecular formula is C21H17ClN8O. The standard InChI is InChI=1S/C21H17ClN8O/c22-14-8-10-29-17(14)21(31)30(13-5-2-1-3-6-13)19(27-29)15-7-4-9-28(15)20-16-18(24-11-23-16)25-12-26-20/h1-3,5-6,8,10-12,15H,4,7,9H2,(H,23,24,25,26)/t15-/m0/s1. The van der Waals surface area contributed by atoms with Gasteiger partial charge < -0.3 is 9.88 Å². The summed E-state index contributed by atoms with van der Waals surface area (Å²) >= 11 is 6.31. The molecule has 10 heteroatoms. The predicted molar refractivity (Wildman–Crippen MR) is 117 cm³/mol. The molecule has 9 nitrogen and oxygen atoms in total. The summed E-state index contributed by atoms with van der Waals surface area (Å²) in [7, 11) is 0. The molecule has 0 unspecified atom stereocenters. The Morgan fingerprint density at radius 1 is 1.10 bits per heavy atom. The first-order valence-corrected chi connectivity index (χ1v) is 10.4. The highest BCUT2D eigenvalue weighted by Gasteiger charge is 2.33. The van der Waals surface area contributed by atoms with Crippen LogP contribution in [0.1, 0.15) is 24.7 Å². The summed E-state index contributed by atoms with van der Waals surface area (Å²) in [5, 5.41) is 5.22. The molecule has 0 spiro atoms. The summed E-state index contributed by atoms with van der Waals surface area (Å²) in [4.78, 5) is 31.9. The number of para-hydroxylation sites is 1. The zero-order chi connectivity index (χ0) is 20.9. The minimum atomic E-state index is -0.203. The van der Waals surface area contributed by atoms with Gasteiger partial charge in [-0.15, -0.1) is 0 Å². The topological polar surface area (TPSA) is 97.0 Å². The highest BCUT2D eigenvalue weighted by Crippen LogP contribution is 2.36. The number of hydrogen-bond acceptors (Lipinski definition) is 6. The number of aromatic nitrogens is 7. The highest BCUT2D eigenvalue weighted by molar-refractivity contribution is 6.33. The van der Waals surface area contributed by atoms with Crippen LogP contribution in [0.2, 0.25) is 5.02 Å². The van der Waals surface area contributed by atoms with E-state index in [9.17, 15) is 4.79 Å². The van der Waals surface area contributed by atoms with Gasteiger partial charge in [0.25, 0.3) is 5.56 Å². The highest BCUT2D eigenvalue weighted by atomic mass is 35.5. The minimum absolute atomic E-state index is 0.159. The molecule has 1 aliphatic rings. The van der Waals surface area contributed by atoms with Crippen LogP contribution >= 0.6 is 11.6 Å². The molecule has 5 heterocycles. The number of imidazole rings is 1. The van der Waals surface area contributed by atoms with Crippen LogP contribution < -0.4 is 10.5 Å². The third-order valence-corrected chi connectivity index (χ3v) is 6.00. The molecular weight excluding hydrogens is 416 g/mol. The molecule has 5 aromatic rings. The fourth-order valence-electron chi connectivity index (χ4n) is 4.34. The van der Waals surface area contributed by atoms with E-state index >= 15 is 0 Å². The van der Waals surface area contributed by atoms with E-state index in [0.717, 1.165) is 30.9 Å². The zero-order valence-corrected chi connectivity index (χ0v) is 17.1. The maximum absolute atomic E-state index is 13.6. The van der Waals surface area contributed by atoms with Crippen LogP contribution in [0.3, 0.4) is 0 Å². The van der Waals surface area contributed by atoms with Gasteiger partial charge in [-0.2, -0.15) is 5.10 Å². The molecule has 4 aromatic heterocycles. The average Bonchev–Trinajstić information content (AvgIpc) is 3.53. The van der Waals surface area contributed by atoms with E-state index in [-0.39, 0.29) is 11.6 Å². The van der Waals surface area contributed by atoms with Gasteiger partial charge in [0.15, 0.2) is 17.3 Å². The summed E-state index contributed by atoms with van der Waals surface area (Å²) < 4.78 is 3.23. The third-order valence-electron chi connectivity index (χ3n) is 5.70. The molecule has 154 valence electrons. The van der Waals surface area contributed by atoms with Crippen molar-refractivity contribution >= 4 is 34.1 Å². The quantitative estimate of drug-likeness (QED) is 0.470. The van der Waals surface area contributed by atoms with Crippen LogP contribution in [0.4, 0.5) is 5.82 Å². The maximum atomic E-state index is 13.6. The van der Waals surface area contributed by atoms with Crippen LogP contribution in [0.5, 0.6) is 0 Å². The first-order valence-electron chi connectivity index (χ1n) is 9.98. The van der Waals surface area contributed by atoms with E-state index in [0.29, 0.717) is 27.5 Å². The van der Waals surface area contributed by atoms with Crippen molar-refractivity contribution in [1.82, 2.24) is 34.1 Å². The first-order chi connectivity index (χ1) is 15.2. The molecule has 0 saturated carbocycles. The Kier molecular flexibility index (Phi) is 4.03. The van der Waals surface area contributed by atoms with E-state index in [1.807, 2.05) is 30.3 Å². The minimum Gasteiger partial charge on any atom is -0.344 e. The molecule has 0 bridgehead atoms. The normalized spacial score (nSPS) is 16.5. The number of benzene rings is 1. The smallest absolute Gasteiger partial charge is 0.284 e. The number of aromatic amines is 1. The molecule has 1 saturated heterocycles. The molecule has 1 N–H and O–H groups in total. The fourth-order valence-corrected chi connectivity index (χ4v) is 4.56. The van der Waals surface area contributed by atoms with Crippen molar-refractivity contribution in [3.8, 4) is 5.69 Å². The number of nitrogens with zero attached hydrogens (tertiary/aromatic N) is 7. The van der Waals surface area contributed by atoms with Crippen LogP contribution in [0, 0.1) is 0 Å². The Hall–Kier alpha value is -3.72. The Labute approximate surface area is 181 Å². The van der Waals surface area contributed by atoms with Gasteiger partial charge in [-0.25, -0.2) is 19.5 Å². The number of halogens is 1. The van der Waals surface area contributed by atoms with Crippen LogP contribution in [-0.4, -0.2) is 40.7 Å². The molecule has 0 amide bonds. The largest absolute Gasteiger partial charge is 0.344 e. The van der Waals surface area contributed by atoms with Gasteiger partial charge in [-0.05, 0) is 31.0 Å². The summed E-state index contributed by atoms with van der Waals surface area (Å²) in [6.07, 6.45) is 6.62.